The Morgan fingerprint density at radius 2 is 1.85 bits per heavy atom. The maximum absolute atomic E-state index is 13.1. The average Bonchev–Trinajstić information content (AvgIpc) is 3.17. The number of carbonyl (C=O) groups is 2. The maximum Gasteiger partial charge on any atom is 0.419 e. The number of hydrogen-bond acceptors (Lipinski definition) is 8. The van der Waals surface area contributed by atoms with Crippen LogP contribution in [0.15, 0.2) is 48.7 Å². The molecule has 3 aromatic rings. The summed E-state index contributed by atoms with van der Waals surface area (Å²) in [5, 5.41) is 25.5. The summed E-state index contributed by atoms with van der Waals surface area (Å²) in [4.78, 5) is 37.2. The Bertz CT molecular complexity index is 1260. The Kier molecular flexibility index (Phi) is 6.65. The van der Waals surface area contributed by atoms with Crippen LogP contribution in [-0.2, 0) is 19.8 Å². The van der Waals surface area contributed by atoms with Gasteiger partial charge in [-0.1, -0.05) is 24.3 Å². The van der Waals surface area contributed by atoms with Gasteiger partial charge in [-0.05, 0) is 45.4 Å². The number of rotatable bonds is 6. The smallest absolute Gasteiger partial charge is 0.419 e. The number of aliphatic hydroxyl groups is 1. The van der Waals surface area contributed by atoms with E-state index < -0.39 is 34.7 Å². The summed E-state index contributed by atoms with van der Waals surface area (Å²) in [6.07, 6.45) is 0.687. The van der Waals surface area contributed by atoms with Crippen molar-refractivity contribution in [2.24, 2.45) is 0 Å². The van der Waals surface area contributed by atoms with Crippen LogP contribution in [0.5, 0.6) is 0 Å². The summed E-state index contributed by atoms with van der Waals surface area (Å²) in [6, 6.07) is 11.2. The molecule has 10 nitrogen and oxygen atoms in total. The zero-order valence-corrected chi connectivity index (χ0v) is 19.6. The van der Waals surface area contributed by atoms with Crippen molar-refractivity contribution in [1.82, 2.24) is 4.57 Å². The number of hydrogen-bond donors (Lipinski definition) is 2. The second kappa shape index (κ2) is 9.14. The molecule has 0 aliphatic heterocycles. The van der Waals surface area contributed by atoms with Gasteiger partial charge in [-0.15, -0.1) is 0 Å². The molecule has 0 fully saturated rings. The van der Waals surface area contributed by atoms with Gasteiger partial charge in [0, 0.05) is 23.2 Å². The molecule has 1 atom stereocenters. The van der Waals surface area contributed by atoms with Crippen molar-refractivity contribution >= 4 is 34.3 Å². The predicted octanol–water partition coefficient (Wildman–Crippen LogP) is 4.11. The van der Waals surface area contributed by atoms with Gasteiger partial charge in [-0.25, -0.2) is 9.59 Å². The van der Waals surface area contributed by atoms with Crippen LogP contribution in [0.1, 0.15) is 31.9 Å². The highest BCUT2D eigenvalue weighted by Crippen LogP contribution is 2.37. The predicted molar refractivity (Wildman–Crippen MR) is 126 cm³/mol. The molecule has 0 saturated carbocycles. The minimum atomic E-state index is -1.96. The van der Waals surface area contributed by atoms with Gasteiger partial charge < -0.3 is 19.9 Å². The van der Waals surface area contributed by atoms with Crippen LogP contribution in [0.25, 0.3) is 10.9 Å². The van der Waals surface area contributed by atoms with E-state index in [4.69, 9.17) is 9.47 Å². The van der Waals surface area contributed by atoms with Crippen molar-refractivity contribution in [3.8, 4) is 0 Å². The van der Waals surface area contributed by atoms with Gasteiger partial charge in [0.1, 0.15) is 11.3 Å². The molecule has 0 radical (unpaired) electrons. The number of aryl methyl sites for hydroxylation is 1. The molecule has 0 amide bonds. The lowest BCUT2D eigenvalue weighted by atomic mass is 9.89. The van der Waals surface area contributed by atoms with E-state index in [1.54, 1.807) is 58.0 Å². The summed E-state index contributed by atoms with van der Waals surface area (Å²) in [7, 11) is 1.14. The number of nitro groups is 1. The molecule has 1 heterocycles. The van der Waals surface area contributed by atoms with Gasteiger partial charge in [0.2, 0.25) is 0 Å². The summed E-state index contributed by atoms with van der Waals surface area (Å²) in [6.45, 7) is 6.06. The van der Waals surface area contributed by atoms with Crippen LogP contribution in [0.4, 0.5) is 16.2 Å². The van der Waals surface area contributed by atoms with E-state index in [0.717, 1.165) is 7.11 Å². The van der Waals surface area contributed by atoms with Crippen LogP contribution in [-0.4, -0.2) is 46.0 Å². The highest BCUT2D eigenvalue weighted by Gasteiger charge is 2.45. The number of fused-ring (bicyclic) bond motifs is 1. The van der Waals surface area contributed by atoms with Gasteiger partial charge in [-0.2, -0.15) is 0 Å². The molecule has 34 heavy (non-hydrogen) atoms. The van der Waals surface area contributed by atoms with E-state index in [9.17, 15) is 24.8 Å². The Labute approximate surface area is 196 Å². The molecule has 0 saturated heterocycles. The Morgan fingerprint density at radius 1 is 1.18 bits per heavy atom. The van der Waals surface area contributed by atoms with E-state index in [-0.39, 0.29) is 16.9 Å². The van der Waals surface area contributed by atoms with Gasteiger partial charge in [-0.3, -0.25) is 14.7 Å². The van der Waals surface area contributed by atoms with Crippen molar-refractivity contribution in [3.63, 3.8) is 0 Å². The number of nitrogens with one attached hydrogen (secondary N) is 1. The lowest BCUT2D eigenvalue weighted by Gasteiger charge is -2.31. The highest BCUT2D eigenvalue weighted by atomic mass is 16.6. The SMILES string of the molecule is COC(=O)C(CO)(Nc1ccc(C)cc1[N+](=O)[O-])c1cn(C(=O)OC(C)(C)C)c2ccccc12. The van der Waals surface area contributed by atoms with E-state index in [0.29, 0.717) is 16.5 Å². The van der Waals surface area contributed by atoms with Crippen molar-refractivity contribution in [2.75, 3.05) is 19.0 Å². The summed E-state index contributed by atoms with van der Waals surface area (Å²) in [5.41, 5.74) is -1.75. The lowest BCUT2D eigenvalue weighted by molar-refractivity contribution is -0.384. The first-order valence-corrected chi connectivity index (χ1v) is 10.5. The van der Waals surface area contributed by atoms with Crippen molar-refractivity contribution in [2.45, 2.75) is 38.8 Å². The molecule has 3 rings (SSSR count). The van der Waals surface area contributed by atoms with Crippen molar-refractivity contribution in [1.29, 1.82) is 0 Å². The number of aliphatic hydroxyl groups excluding tert-OH is 1. The van der Waals surface area contributed by atoms with Crippen molar-refractivity contribution in [3.05, 3.63) is 69.9 Å². The molecule has 2 aromatic carbocycles. The molecule has 2 N–H and O–H groups in total. The number of nitro benzene ring substituents is 1. The number of esters is 1. The monoisotopic (exact) mass is 469 g/mol. The summed E-state index contributed by atoms with van der Waals surface area (Å²) >= 11 is 0. The van der Waals surface area contributed by atoms with Gasteiger partial charge in [0.25, 0.3) is 5.69 Å². The van der Waals surface area contributed by atoms with Crippen LogP contribution >= 0.6 is 0 Å². The standard InChI is InChI=1S/C24H27N3O7/c1-15-10-11-18(20(12-15)27(31)32)25-24(14-28,21(29)33-5)17-13-26(22(30)34-23(2,3)4)19-9-7-6-8-16(17)19/h6-13,25,28H,14H2,1-5H3. The van der Waals surface area contributed by atoms with E-state index in [1.165, 1.54) is 22.9 Å². The number of carbonyl (C=O) groups excluding carboxylic acids is 2. The molecular formula is C24H27N3O7. The normalized spacial score (nSPS) is 13.2. The molecule has 10 heteroatoms. The second-order valence-electron chi connectivity index (χ2n) is 8.87. The van der Waals surface area contributed by atoms with Crippen LogP contribution in [0.2, 0.25) is 0 Å². The number of para-hydroxylation sites is 1. The Morgan fingerprint density at radius 3 is 2.44 bits per heavy atom. The van der Waals surface area contributed by atoms with Crippen molar-refractivity contribution < 1.29 is 29.1 Å². The van der Waals surface area contributed by atoms with E-state index >= 15 is 0 Å². The minimum Gasteiger partial charge on any atom is -0.467 e. The molecular weight excluding hydrogens is 442 g/mol. The quantitative estimate of drug-likeness (QED) is 0.313. The topological polar surface area (TPSA) is 133 Å². The second-order valence-corrected chi connectivity index (χ2v) is 8.87. The fourth-order valence-corrected chi connectivity index (χ4v) is 3.70. The number of benzene rings is 2. The molecule has 180 valence electrons. The third-order valence-corrected chi connectivity index (χ3v) is 5.23. The third kappa shape index (κ3) is 4.58. The van der Waals surface area contributed by atoms with Crippen LogP contribution < -0.4 is 5.32 Å². The lowest BCUT2D eigenvalue weighted by Crippen LogP contribution is -2.47. The summed E-state index contributed by atoms with van der Waals surface area (Å²) in [5.74, 6) is -0.892. The number of nitrogens with zero attached hydrogens (tertiary/aromatic N) is 2. The molecule has 1 unspecified atom stereocenters. The first-order chi connectivity index (χ1) is 15.9. The summed E-state index contributed by atoms with van der Waals surface area (Å²) < 4.78 is 11.7. The van der Waals surface area contributed by atoms with Gasteiger partial charge >= 0.3 is 12.1 Å². The first kappa shape index (κ1) is 24.7. The Hall–Kier alpha value is -3.92. The number of anilines is 1. The molecule has 1 aromatic heterocycles. The molecule has 0 spiro atoms. The third-order valence-electron chi connectivity index (χ3n) is 5.23. The largest absolute Gasteiger partial charge is 0.467 e. The fraction of sp³-hybridized carbons (Fsp3) is 0.333. The molecule has 0 aliphatic carbocycles. The highest BCUT2D eigenvalue weighted by molar-refractivity contribution is 5.98. The fourth-order valence-electron chi connectivity index (χ4n) is 3.70. The van der Waals surface area contributed by atoms with Crippen LogP contribution in [0, 0.1) is 17.0 Å². The van der Waals surface area contributed by atoms with E-state index in [2.05, 4.69) is 5.32 Å². The molecule has 0 aliphatic rings. The molecule has 0 bridgehead atoms. The number of aromatic nitrogens is 1. The Balaban J connectivity index is 2.27. The average molecular weight is 469 g/mol. The zero-order chi connectivity index (χ0) is 25.3. The first-order valence-electron chi connectivity index (χ1n) is 10.5. The van der Waals surface area contributed by atoms with E-state index in [1.807, 2.05) is 0 Å². The minimum absolute atomic E-state index is 0.00384. The van der Waals surface area contributed by atoms with Gasteiger partial charge in [0.05, 0.1) is 24.2 Å². The zero-order valence-electron chi connectivity index (χ0n) is 19.6. The van der Waals surface area contributed by atoms with Gasteiger partial charge in [0.15, 0.2) is 5.54 Å². The number of ether oxygens (including phenoxy) is 2. The number of methoxy groups -OCH3 is 1. The maximum atomic E-state index is 13.1. The van der Waals surface area contributed by atoms with Crippen LogP contribution in [0.3, 0.4) is 0 Å².